The summed E-state index contributed by atoms with van der Waals surface area (Å²) in [4.78, 5) is 18.8. The summed E-state index contributed by atoms with van der Waals surface area (Å²) in [6, 6.07) is 14.2. The minimum atomic E-state index is -0.0405. The second-order valence-corrected chi connectivity index (χ2v) is 8.26. The Morgan fingerprint density at radius 1 is 1.25 bits per heavy atom. The lowest BCUT2D eigenvalue weighted by Crippen LogP contribution is -2.83. The summed E-state index contributed by atoms with van der Waals surface area (Å²) in [5.74, 6) is -0.0405. The van der Waals surface area contributed by atoms with Crippen molar-refractivity contribution >= 4 is 39.7 Å². The number of carbonyl (C=O) groups is 1. The van der Waals surface area contributed by atoms with Crippen molar-refractivity contribution in [2.24, 2.45) is 0 Å². The van der Waals surface area contributed by atoms with Gasteiger partial charge in [0, 0.05) is 22.9 Å². The number of anilines is 2. The zero-order valence-corrected chi connectivity index (χ0v) is 18.1. The molecule has 28 heavy (non-hydrogen) atoms. The number of hydrogen-bond acceptors (Lipinski definition) is 3. The number of benzene rings is 2. The maximum Gasteiger partial charge on any atom is 0.230 e. The van der Waals surface area contributed by atoms with Crippen molar-refractivity contribution in [3.05, 3.63) is 75.3 Å². The molecule has 0 aliphatic heterocycles. The standard InChI is InChI=1S/C22H24ClN3OS/c1-14-9-10-21(15(2)11-14)26(17(4)27)22-25-18(13-28-22)12-24-16(3)19-7-5-6-8-20(19)23/h5-11,13,16,24H,12H2,1-4H3/p+1/t16-/m0/s1. The first-order valence-electron chi connectivity index (χ1n) is 9.27. The van der Waals surface area contributed by atoms with Crippen molar-refractivity contribution in [1.29, 1.82) is 0 Å². The number of aryl methyl sites for hydroxylation is 2. The van der Waals surface area contributed by atoms with Gasteiger partial charge in [-0.3, -0.25) is 9.69 Å². The number of thiazole rings is 1. The Morgan fingerprint density at radius 2 is 2.00 bits per heavy atom. The van der Waals surface area contributed by atoms with E-state index in [-0.39, 0.29) is 11.9 Å². The minimum Gasteiger partial charge on any atom is -0.335 e. The first-order valence-corrected chi connectivity index (χ1v) is 10.5. The fourth-order valence-corrected chi connectivity index (χ4v) is 4.43. The number of amides is 1. The van der Waals surface area contributed by atoms with Crippen molar-refractivity contribution in [1.82, 2.24) is 4.98 Å². The predicted octanol–water partition coefficient (Wildman–Crippen LogP) is 4.92. The van der Waals surface area contributed by atoms with Crippen LogP contribution in [0.25, 0.3) is 0 Å². The molecular weight excluding hydrogens is 390 g/mol. The highest BCUT2D eigenvalue weighted by Crippen LogP contribution is 2.31. The molecule has 146 valence electrons. The lowest BCUT2D eigenvalue weighted by atomic mass is 10.1. The molecule has 4 nitrogen and oxygen atoms in total. The van der Waals surface area contributed by atoms with E-state index < -0.39 is 0 Å². The summed E-state index contributed by atoms with van der Waals surface area (Å²) in [5, 5.41) is 5.70. The smallest absolute Gasteiger partial charge is 0.230 e. The molecule has 0 unspecified atom stereocenters. The molecular formula is C22H25ClN3OS+. The Bertz CT molecular complexity index is 985. The van der Waals surface area contributed by atoms with Gasteiger partial charge in [0.15, 0.2) is 5.13 Å². The third-order valence-electron chi connectivity index (χ3n) is 4.72. The number of nitrogens with zero attached hydrogens (tertiary/aromatic N) is 2. The lowest BCUT2D eigenvalue weighted by molar-refractivity contribution is -0.708. The van der Waals surface area contributed by atoms with Crippen LogP contribution in [0.5, 0.6) is 0 Å². The molecule has 0 radical (unpaired) electrons. The highest BCUT2D eigenvalue weighted by atomic mass is 35.5. The average Bonchev–Trinajstić information content (AvgIpc) is 3.10. The number of aromatic nitrogens is 1. The highest BCUT2D eigenvalue weighted by Gasteiger charge is 2.20. The maximum atomic E-state index is 12.3. The van der Waals surface area contributed by atoms with Gasteiger partial charge in [0.1, 0.15) is 18.3 Å². The molecule has 6 heteroatoms. The van der Waals surface area contributed by atoms with Gasteiger partial charge in [0.2, 0.25) is 5.91 Å². The topological polar surface area (TPSA) is 49.8 Å². The van der Waals surface area contributed by atoms with Crippen LogP contribution in [0, 0.1) is 13.8 Å². The molecule has 1 atom stereocenters. The predicted molar refractivity (Wildman–Crippen MR) is 116 cm³/mol. The van der Waals surface area contributed by atoms with E-state index in [0.29, 0.717) is 5.13 Å². The van der Waals surface area contributed by atoms with E-state index >= 15 is 0 Å². The highest BCUT2D eigenvalue weighted by molar-refractivity contribution is 7.14. The molecule has 1 heterocycles. The fraction of sp³-hybridized carbons (Fsp3) is 0.273. The molecule has 3 aromatic rings. The second-order valence-electron chi connectivity index (χ2n) is 7.02. The van der Waals surface area contributed by atoms with E-state index in [4.69, 9.17) is 16.6 Å². The van der Waals surface area contributed by atoms with Crippen molar-refractivity contribution in [2.75, 3.05) is 4.90 Å². The summed E-state index contributed by atoms with van der Waals surface area (Å²) in [5.41, 5.74) is 5.18. The molecule has 0 saturated carbocycles. The Hall–Kier alpha value is -2.21. The van der Waals surface area contributed by atoms with Crippen LogP contribution < -0.4 is 10.2 Å². The van der Waals surface area contributed by atoms with Gasteiger partial charge in [-0.1, -0.05) is 47.5 Å². The number of halogens is 1. The van der Waals surface area contributed by atoms with Gasteiger partial charge in [0.05, 0.1) is 5.69 Å². The van der Waals surface area contributed by atoms with Crippen LogP contribution in [0.1, 0.15) is 42.3 Å². The van der Waals surface area contributed by atoms with Gasteiger partial charge < -0.3 is 5.32 Å². The number of nitrogens with two attached hydrogens (primary N) is 1. The molecule has 0 saturated heterocycles. The van der Waals surface area contributed by atoms with Crippen molar-refractivity contribution in [2.45, 2.75) is 40.3 Å². The van der Waals surface area contributed by atoms with Crippen LogP contribution in [-0.4, -0.2) is 10.9 Å². The van der Waals surface area contributed by atoms with E-state index in [0.717, 1.165) is 34.1 Å². The Labute approximate surface area is 175 Å². The second kappa shape index (κ2) is 8.86. The Morgan fingerprint density at radius 3 is 2.68 bits per heavy atom. The molecule has 0 fully saturated rings. The largest absolute Gasteiger partial charge is 0.335 e. The van der Waals surface area contributed by atoms with Crippen molar-refractivity contribution < 1.29 is 10.1 Å². The number of carbonyl (C=O) groups excluding carboxylic acids is 1. The zero-order valence-electron chi connectivity index (χ0n) is 16.6. The summed E-state index contributed by atoms with van der Waals surface area (Å²) in [6.45, 7) is 8.50. The van der Waals surface area contributed by atoms with Gasteiger partial charge in [0.25, 0.3) is 0 Å². The van der Waals surface area contributed by atoms with Crippen LogP contribution in [0.15, 0.2) is 47.8 Å². The minimum absolute atomic E-state index is 0.0405. The van der Waals surface area contributed by atoms with Gasteiger partial charge in [-0.15, -0.1) is 11.3 Å². The molecule has 2 aromatic carbocycles. The fourth-order valence-electron chi connectivity index (χ4n) is 3.23. The lowest BCUT2D eigenvalue weighted by Gasteiger charge is -2.20. The van der Waals surface area contributed by atoms with E-state index in [1.807, 2.05) is 55.6 Å². The first-order chi connectivity index (χ1) is 13.4. The van der Waals surface area contributed by atoms with E-state index in [2.05, 4.69) is 18.3 Å². The molecule has 1 aromatic heterocycles. The zero-order chi connectivity index (χ0) is 20.3. The SMILES string of the molecule is CC(=O)N(c1nc(C[NH2+][C@@H](C)c2ccccc2Cl)cs1)c1ccc(C)cc1C. The van der Waals surface area contributed by atoms with Crippen molar-refractivity contribution in [3.63, 3.8) is 0 Å². The maximum absolute atomic E-state index is 12.3. The third kappa shape index (κ3) is 4.61. The number of quaternary nitrogens is 1. The summed E-state index contributed by atoms with van der Waals surface area (Å²) in [7, 11) is 0. The van der Waals surface area contributed by atoms with Gasteiger partial charge in [-0.2, -0.15) is 0 Å². The van der Waals surface area contributed by atoms with Crippen molar-refractivity contribution in [3.8, 4) is 0 Å². The van der Waals surface area contributed by atoms with E-state index in [1.165, 1.54) is 16.9 Å². The monoisotopic (exact) mass is 414 g/mol. The summed E-state index contributed by atoms with van der Waals surface area (Å²) < 4.78 is 0. The van der Waals surface area contributed by atoms with Gasteiger partial charge in [-0.25, -0.2) is 4.98 Å². The van der Waals surface area contributed by atoms with Gasteiger partial charge >= 0.3 is 0 Å². The number of hydrogen-bond donors (Lipinski definition) is 1. The third-order valence-corrected chi connectivity index (χ3v) is 5.93. The molecule has 1 amide bonds. The van der Waals surface area contributed by atoms with Crippen LogP contribution in [0.3, 0.4) is 0 Å². The number of rotatable bonds is 6. The van der Waals surface area contributed by atoms with Crippen LogP contribution in [0.2, 0.25) is 5.02 Å². The summed E-state index contributed by atoms with van der Waals surface area (Å²) >= 11 is 7.79. The van der Waals surface area contributed by atoms with Crippen LogP contribution in [-0.2, 0) is 11.3 Å². The quantitative estimate of drug-likeness (QED) is 0.622. The molecule has 0 aliphatic rings. The Kier molecular flexibility index (Phi) is 6.50. The molecule has 0 spiro atoms. The van der Waals surface area contributed by atoms with Gasteiger partial charge in [-0.05, 0) is 38.5 Å². The normalized spacial score (nSPS) is 12.0. The molecule has 2 N–H and O–H groups in total. The summed E-state index contributed by atoms with van der Waals surface area (Å²) in [6.07, 6.45) is 0. The van der Waals surface area contributed by atoms with Crippen LogP contribution >= 0.6 is 22.9 Å². The van der Waals surface area contributed by atoms with E-state index in [9.17, 15) is 4.79 Å². The molecule has 3 rings (SSSR count). The van der Waals surface area contributed by atoms with Crippen LogP contribution in [0.4, 0.5) is 10.8 Å². The Balaban J connectivity index is 1.76. The van der Waals surface area contributed by atoms with E-state index in [1.54, 1.807) is 11.8 Å². The molecule has 0 bridgehead atoms. The first kappa shape index (κ1) is 20.5. The average molecular weight is 415 g/mol. The molecule has 0 aliphatic carbocycles.